The van der Waals surface area contributed by atoms with Gasteiger partial charge in [-0.2, -0.15) is 4.98 Å². The smallest absolute Gasteiger partial charge is 0.221 e. The highest BCUT2D eigenvalue weighted by atomic mass is 15.0. The SMILES string of the molecule is C.CC(C)(C)Cc1cnc(N)nc1N. The summed E-state index contributed by atoms with van der Waals surface area (Å²) < 4.78 is 0. The first-order valence-corrected chi connectivity index (χ1v) is 4.25. The third-order valence-electron chi connectivity index (χ3n) is 1.64. The van der Waals surface area contributed by atoms with Crippen LogP contribution >= 0.6 is 0 Å². The molecule has 1 aromatic rings. The number of nitrogen functional groups attached to an aromatic ring is 2. The van der Waals surface area contributed by atoms with Crippen LogP contribution in [0.15, 0.2) is 6.20 Å². The van der Waals surface area contributed by atoms with E-state index in [2.05, 4.69) is 30.7 Å². The van der Waals surface area contributed by atoms with Gasteiger partial charge in [-0.05, 0) is 11.8 Å². The number of aromatic nitrogens is 2. The molecular formula is C10H20N4. The van der Waals surface area contributed by atoms with Gasteiger partial charge in [0.05, 0.1) is 0 Å². The van der Waals surface area contributed by atoms with E-state index in [0.29, 0.717) is 5.82 Å². The van der Waals surface area contributed by atoms with Crippen molar-refractivity contribution < 1.29 is 0 Å². The molecule has 0 aliphatic carbocycles. The second-order valence-electron chi connectivity index (χ2n) is 4.38. The van der Waals surface area contributed by atoms with Crippen LogP contribution in [-0.2, 0) is 6.42 Å². The first-order valence-electron chi connectivity index (χ1n) is 4.25. The number of nitrogens with two attached hydrogens (primary N) is 2. The molecule has 14 heavy (non-hydrogen) atoms. The Morgan fingerprint density at radius 3 is 2.29 bits per heavy atom. The minimum Gasteiger partial charge on any atom is -0.383 e. The van der Waals surface area contributed by atoms with Crippen molar-refractivity contribution in [1.29, 1.82) is 0 Å². The lowest BCUT2D eigenvalue weighted by Crippen LogP contribution is -2.12. The Hall–Kier alpha value is -1.32. The van der Waals surface area contributed by atoms with Gasteiger partial charge in [-0.1, -0.05) is 28.2 Å². The Bertz CT molecular complexity index is 301. The Balaban J connectivity index is 0.00000169. The molecule has 0 aliphatic rings. The average molecular weight is 196 g/mol. The molecule has 0 fully saturated rings. The average Bonchev–Trinajstić information content (AvgIpc) is 1.93. The van der Waals surface area contributed by atoms with E-state index in [-0.39, 0.29) is 18.8 Å². The van der Waals surface area contributed by atoms with Gasteiger partial charge < -0.3 is 11.5 Å². The molecule has 0 saturated carbocycles. The molecule has 0 atom stereocenters. The van der Waals surface area contributed by atoms with E-state index in [1.165, 1.54) is 0 Å². The Morgan fingerprint density at radius 1 is 1.29 bits per heavy atom. The molecule has 0 unspecified atom stereocenters. The summed E-state index contributed by atoms with van der Waals surface area (Å²) in [5, 5.41) is 0. The van der Waals surface area contributed by atoms with Crippen LogP contribution < -0.4 is 11.5 Å². The first-order chi connectivity index (χ1) is 5.88. The van der Waals surface area contributed by atoms with Crippen LogP contribution in [-0.4, -0.2) is 9.97 Å². The van der Waals surface area contributed by atoms with Crippen molar-refractivity contribution in [2.24, 2.45) is 5.41 Å². The van der Waals surface area contributed by atoms with Gasteiger partial charge in [0.2, 0.25) is 5.95 Å². The van der Waals surface area contributed by atoms with Crippen LogP contribution in [0.4, 0.5) is 11.8 Å². The predicted molar refractivity (Wildman–Crippen MR) is 60.7 cm³/mol. The second-order valence-corrected chi connectivity index (χ2v) is 4.38. The van der Waals surface area contributed by atoms with Gasteiger partial charge in [0, 0.05) is 11.8 Å². The third kappa shape index (κ3) is 3.60. The highest BCUT2D eigenvalue weighted by Crippen LogP contribution is 2.22. The van der Waals surface area contributed by atoms with Gasteiger partial charge >= 0.3 is 0 Å². The number of nitrogens with zero attached hydrogens (tertiary/aromatic N) is 2. The quantitative estimate of drug-likeness (QED) is 0.718. The van der Waals surface area contributed by atoms with Gasteiger partial charge in [0.15, 0.2) is 0 Å². The summed E-state index contributed by atoms with van der Waals surface area (Å²) in [4.78, 5) is 7.81. The normalized spacial score (nSPS) is 10.8. The van der Waals surface area contributed by atoms with E-state index in [9.17, 15) is 0 Å². The lowest BCUT2D eigenvalue weighted by atomic mass is 9.89. The molecule has 0 aromatic carbocycles. The molecule has 0 aliphatic heterocycles. The maximum Gasteiger partial charge on any atom is 0.221 e. The zero-order valence-corrected chi connectivity index (χ0v) is 8.33. The molecule has 1 aromatic heterocycles. The summed E-state index contributed by atoms with van der Waals surface area (Å²) in [7, 11) is 0. The zero-order chi connectivity index (χ0) is 10.1. The number of anilines is 2. The van der Waals surface area contributed by atoms with Crippen molar-refractivity contribution in [2.45, 2.75) is 34.6 Å². The molecule has 0 bridgehead atoms. The standard InChI is InChI=1S/C9H16N4.CH4/c1-9(2,3)4-6-5-12-8(11)13-7(6)10;/h5H,4H2,1-3H3,(H4,10,11,12,13);1H4. The van der Waals surface area contributed by atoms with Crippen molar-refractivity contribution in [2.75, 3.05) is 11.5 Å². The van der Waals surface area contributed by atoms with Crippen molar-refractivity contribution in [3.8, 4) is 0 Å². The maximum atomic E-state index is 5.70. The van der Waals surface area contributed by atoms with Crippen molar-refractivity contribution in [3.05, 3.63) is 11.8 Å². The van der Waals surface area contributed by atoms with E-state index < -0.39 is 0 Å². The molecule has 4 N–H and O–H groups in total. The van der Waals surface area contributed by atoms with Gasteiger partial charge in [0.1, 0.15) is 5.82 Å². The second kappa shape index (κ2) is 4.26. The Labute approximate surface area is 85.7 Å². The fourth-order valence-corrected chi connectivity index (χ4v) is 1.14. The molecule has 0 spiro atoms. The fraction of sp³-hybridized carbons (Fsp3) is 0.600. The number of hydrogen-bond donors (Lipinski definition) is 2. The molecule has 80 valence electrons. The van der Waals surface area contributed by atoms with E-state index in [1.54, 1.807) is 6.20 Å². The van der Waals surface area contributed by atoms with E-state index in [4.69, 9.17) is 11.5 Å². The summed E-state index contributed by atoms with van der Waals surface area (Å²) in [6.07, 6.45) is 2.56. The van der Waals surface area contributed by atoms with Gasteiger partial charge in [-0.3, -0.25) is 0 Å². The third-order valence-corrected chi connectivity index (χ3v) is 1.64. The summed E-state index contributed by atoms with van der Waals surface area (Å²) in [6, 6.07) is 0. The van der Waals surface area contributed by atoms with Crippen molar-refractivity contribution >= 4 is 11.8 Å². The minimum absolute atomic E-state index is 0. The predicted octanol–water partition coefficient (Wildman–Crippen LogP) is 1.87. The van der Waals surface area contributed by atoms with Gasteiger partial charge in [0.25, 0.3) is 0 Å². The summed E-state index contributed by atoms with van der Waals surface area (Å²) in [5.41, 5.74) is 12.2. The van der Waals surface area contributed by atoms with E-state index in [1.807, 2.05) is 0 Å². The van der Waals surface area contributed by atoms with E-state index in [0.717, 1.165) is 12.0 Å². The van der Waals surface area contributed by atoms with Crippen molar-refractivity contribution in [1.82, 2.24) is 9.97 Å². The zero-order valence-electron chi connectivity index (χ0n) is 8.33. The maximum absolute atomic E-state index is 5.70. The molecule has 4 heteroatoms. The highest BCUT2D eigenvalue weighted by molar-refractivity contribution is 5.41. The highest BCUT2D eigenvalue weighted by Gasteiger charge is 2.14. The molecule has 1 heterocycles. The largest absolute Gasteiger partial charge is 0.383 e. The van der Waals surface area contributed by atoms with Crippen LogP contribution in [0.25, 0.3) is 0 Å². The van der Waals surface area contributed by atoms with Gasteiger partial charge in [-0.25, -0.2) is 4.98 Å². The van der Waals surface area contributed by atoms with Gasteiger partial charge in [-0.15, -0.1) is 0 Å². The minimum atomic E-state index is 0. The van der Waals surface area contributed by atoms with Crippen LogP contribution in [0.1, 0.15) is 33.8 Å². The molecule has 0 radical (unpaired) electrons. The summed E-state index contributed by atoms with van der Waals surface area (Å²) in [5.74, 6) is 0.720. The van der Waals surface area contributed by atoms with Crippen molar-refractivity contribution in [3.63, 3.8) is 0 Å². The molecule has 0 saturated heterocycles. The molecule has 4 nitrogen and oxygen atoms in total. The van der Waals surface area contributed by atoms with Crippen LogP contribution in [0.5, 0.6) is 0 Å². The van der Waals surface area contributed by atoms with E-state index >= 15 is 0 Å². The topological polar surface area (TPSA) is 77.8 Å². The lowest BCUT2D eigenvalue weighted by Gasteiger charge is -2.18. The summed E-state index contributed by atoms with van der Waals surface area (Å²) >= 11 is 0. The number of rotatable bonds is 1. The molecule has 0 amide bonds. The first kappa shape index (κ1) is 12.7. The number of hydrogen-bond acceptors (Lipinski definition) is 4. The van der Waals surface area contributed by atoms with Crippen LogP contribution in [0.3, 0.4) is 0 Å². The Kier molecular flexibility index (Phi) is 3.86. The Morgan fingerprint density at radius 2 is 1.86 bits per heavy atom. The fourth-order valence-electron chi connectivity index (χ4n) is 1.14. The van der Waals surface area contributed by atoms with Crippen LogP contribution in [0, 0.1) is 5.41 Å². The summed E-state index contributed by atoms with van der Waals surface area (Å²) in [6.45, 7) is 6.42. The lowest BCUT2D eigenvalue weighted by molar-refractivity contribution is 0.411. The monoisotopic (exact) mass is 196 g/mol. The van der Waals surface area contributed by atoms with Crippen LogP contribution in [0.2, 0.25) is 0 Å². The molecule has 1 rings (SSSR count). The molecular weight excluding hydrogens is 176 g/mol.